The molecule has 1 aliphatic rings. The van der Waals surface area contributed by atoms with Crippen LogP contribution in [0.1, 0.15) is 21.5 Å². The van der Waals surface area contributed by atoms with Crippen molar-refractivity contribution >= 4 is 5.91 Å². The van der Waals surface area contributed by atoms with E-state index in [1.165, 1.54) is 0 Å². The van der Waals surface area contributed by atoms with E-state index in [0.29, 0.717) is 30.2 Å². The number of amides is 1. The largest absolute Gasteiger partial charge is 0.454 e. The van der Waals surface area contributed by atoms with Gasteiger partial charge in [0.15, 0.2) is 11.5 Å². The molecule has 0 bridgehead atoms. The first kappa shape index (κ1) is 17.1. The summed E-state index contributed by atoms with van der Waals surface area (Å²) in [5.41, 5.74) is 5.80. The van der Waals surface area contributed by atoms with E-state index in [0.717, 1.165) is 11.1 Å². The number of carbonyl (C=O) groups excluding carboxylic acids is 1. The maximum absolute atomic E-state index is 12.8. The number of rotatable bonds is 6. The third-order valence-electron chi connectivity index (χ3n) is 4.33. The van der Waals surface area contributed by atoms with E-state index in [2.05, 4.69) is 5.43 Å². The van der Waals surface area contributed by atoms with Crippen molar-refractivity contribution in [2.75, 3.05) is 6.79 Å². The molecule has 0 unspecified atom stereocenters. The molecule has 3 aromatic rings. The van der Waals surface area contributed by atoms with Crippen molar-refractivity contribution in [3.63, 3.8) is 0 Å². The van der Waals surface area contributed by atoms with Crippen LogP contribution in [0, 0.1) is 0 Å². The second-order valence-corrected chi connectivity index (χ2v) is 6.34. The molecule has 1 amide bonds. The van der Waals surface area contributed by atoms with Crippen LogP contribution in [-0.2, 0) is 13.1 Å². The summed E-state index contributed by atoms with van der Waals surface area (Å²) in [6, 6.07) is 25.3. The minimum absolute atomic E-state index is 0.180. The number of carbonyl (C=O) groups is 1. The maximum atomic E-state index is 12.8. The van der Waals surface area contributed by atoms with Crippen molar-refractivity contribution in [2.45, 2.75) is 13.1 Å². The third kappa shape index (κ3) is 4.27. The van der Waals surface area contributed by atoms with Crippen LogP contribution in [0.3, 0.4) is 0 Å². The molecule has 136 valence electrons. The molecule has 0 atom stereocenters. The minimum atomic E-state index is -0.180. The molecule has 1 N–H and O–H groups in total. The molecule has 0 aliphatic carbocycles. The van der Waals surface area contributed by atoms with Crippen LogP contribution < -0.4 is 14.9 Å². The number of hydrogen-bond acceptors (Lipinski definition) is 4. The van der Waals surface area contributed by atoms with E-state index in [9.17, 15) is 4.79 Å². The Morgan fingerprint density at radius 1 is 0.815 bits per heavy atom. The molecule has 0 radical (unpaired) electrons. The lowest BCUT2D eigenvalue weighted by Gasteiger charge is -2.23. The summed E-state index contributed by atoms with van der Waals surface area (Å²) in [6.07, 6.45) is 0. The van der Waals surface area contributed by atoms with Crippen molar-refractivity contribution in [1.29, 1.82) is 0 Å². The fourth-order valence-electron chi connectivity index (χ4n) is 2.99. The van der Waals surface area contributed by atoms with Crippen molar-refractivity contribution in [2.24, 2.45) is 0 Å². The highest BCUT2D eigenvalue weighted by Gasteiger charge is 2.18. The van der Waals surface area contributed by atoms with Crippen LogP contribution in [0.25, 0.3) is 0 Å². The number of hydrazine groups is 1. The molecule has 0 saturated carbocycles. The number of hydrogen-bond donors (Lipinski definition) is 1. The number of nitrogens with one attached hydrogen (secondary N) is 1. The number of benzene rings is 3. The second-order valence-electron chi connectivity index (χ2n) is 6.34. The molecule has 0 aromatic heterocycles. The molecule has 4 rings (SSSR count). The zero-order valence-electron chi connectivity index (χ0n) is 14.8. The first-order chi connectivity index (χ1) is 13.3. The highest BCUT2D eigenvalue weighted by molar-refractivity contribution is 5.94. The third-order valence-corrected chi connectivity index (χ3v) is 4.33. The van der Waals surface area contributed by atoms with Gasteiger partial charge in [-0.3, -0.25) is 10.2 Å². The molecule has 1 aliphatic heterocycles. The lowest BCUT2D eigenvalue weighted by molar-refractivity contribution is 0.0759. The van der Waals surface area contributed by atoms with E-state index < -0.39 is 0 Å². The van der Waals surface area contributed by atoms with Gasteiger partial charge >= 0.3 is 0 Å². The van der Waals surface area contributed by atoms with E-state index in [1.54, 1.807) is 18.2 Å². The maximum Gasteiger partial charge on any atom is 0.265 e. The van der Waals surface area contributed by atoms with Gasteiger partial charge in [-0.25, -0.2) is 5.01 Å². The van der Waals surface area contributed by atoms with Crippen molar-refractivity contribution in [3.05, 3.63) is 95.6 Å². The number of fused-ring (bicyclic) bond motifs is 1. The van der Waals surface area contributed by atoms with Gasteiger partial charge in [-0.05, 0) is 29.3 Å². The van der Waals surface area contributed by atoms with E-state index in [1.807, 2.05) is 65.7 Å². The molecule has 5 heteroatoms. The average molecular weight is 360 g/mol. The fourth-order valence-corrected chi connectivity index (χ4v) is 2.99. The molecular weight excluding hydrogens is 340 g/mol. The van der Waals surface area contributed by atoms with E-state index in [4.69, 9.17) is 9.47 Å². The topological polar surface area (TPSA) is 50.8 Å². The predicted octanol–water partition coefficient (Wildman–Crippen LogP) is 3.76. The Morgan fingerprint density at radius 2 is 1.41 bits per heavy atom. The van der Waals surface area contributed by atoms with Gasteiger partial charge in [-0.15, -0.1) is 0 Å². The van der Waals surface area contributed by atoms with Gasteiger partial charge in [0.1, 0.15) is 0 Å². The first-order valence-electron chi connectivity index (χ1n) is 8.81. The zero-order valence-corrected chi connectivity index (χ0v) is 14.8. The Kier molecular flexibility index (Phi) is 5.03. The summed E-state index contributed by atoms with van der Waals surface area (Å²) in [5, 5.41) is 1.91. The van der Waals surface area contributed by atoms with Crippen LogP contribution in [0.4, 0.5) is 0 Å². The molecule has 3 aromatic carbocycles. The van der Waals surface area contributed by atoms with E-state index in [-0.39, 0.29) is 12.7 Å². The Labute approximate surface area is 158 Å². The summed E-state index contributed by atoms with van der Waals surface area (Å²) in [4.78, 5) is 12.8. The van der Waals surface area contributed by atoms with Crippen LogP contribution in [0.5, 0.6) is 11.5 Å². The summed E-state index contributed by atoms with van der Waals surface area (Å²) in [6.45, 7) is 1.40. The van der Waals surface area contributed by atoms with Gasteiger partial charge in [0.25, 0.3) is 5.91 Å². The van der Waals surface area contributed by atoms with Gasteiger partial charge in [0.05, 0.1) is 0 Å². The van der Waals surface area contributed by atoms with E-state index >= 15 is 0 Å². The summed E-state index contributed by atoms with van der Waals surface area (Å²) >= 11 is 0. The van der Waals surface area contributed by atoms with Crippen LogP contribution in [-0.4, -0.2) is 17.7 Å². The molecule has 5 nitrogen and oxygen atoms in total. The zero-order chi connectivity index (χ0) is 18.5. The molecule has 0 spiro atoms. The fraction of sp³-hybridized carbons (Fsp3) is 0.136. The summed E-state index contributed by atoms with van der Waals surface area (Å²) in [7, 11) is 0. The molecular formula is C22H20N2O3. The smallest absolute Gasteiger partial charge is 0.265 e. The first-order valence-corrected chi connectivity index (χ1v) is 8.81. The van der Waals surface area contributed by atoms with Crippen LogP contribution in [0.2, 0.25) is 0 Å². The normalized spacial score (nSPS) is 12.2. The molecule has 0 fully saturated rings. The Morgan fingerprint density at radius 3 is 2.04 bits per heavy atom. The lowest BCUT2D eigenvalue weighted by Crippen LogP contribution is -2.41. The number of ether oxygens (including phenoxy) is 2. The Hall–Kier alpha value is -3.31. The van der Waals surface area contributed by atoms with Gasteiger partial charge < -0.3 is 9.47 Å². The van der Waals surface area contributed by atoms with Crippen LogP contribution in [0.15, 0.2) is 78.9 Å². The lowest BCUT2D eigenvalue weighted by atomic mass is 10.2. The van der Waals surface area contributed by atoms with Crippen molar-refractivity contribution in [1.82, 2.24) is 10.4 Å². The van der Waals surface area contributed by atoms with Gasteiger partial charge in [-0.2, -0.15) is 0 Å². The van der Waals surface area contributed by atoms with Gasteiger partial charge in [0.2, 0.25) is 6.79 Å². The standard InChI is InChI=1S/C22H20N2O3/c25-22(19-11-12-20-21(13-19)27-16-26-20)23-24(14-17-7-3-1-4-8-17)15-18-9-5-2-6-10-18/h1-13H,14-16H2,(H,23,25). The highest BCUT2D eigenvalue weighted by Crippen LogP contribution is 2.32. The average Bonchev–Trinajstić information content (AvgIpc) is 3.17. The van der Waals surface area contributed by atoms with Crippen molar-refractivity contribution in [3.8, 4) is 11.5 Å². The Balaban J connectivity index is 1.51. The SMILES string of the molecule is O=C(NN(Cc1ccccc1)Cc1ccccc1)c1ccc2c(c1)OCO2. The number of nitrogens with zero attached hydrogens (tertiary/aromatic N) is 1. The quantitative estimate of drug-likeness (QED) is 0.680. The summed E-state index contributed by atoms with van der Waals surface area (Å²) < 4.78 is 10.7. The molecule has 0 saturated heterocycles. The molecule has 27 heavy (non-hydrogen) atoms. The molecule has 1 heterocycles. The Bertz CT molecular complexity index is 872. The van der Waals surface area contributed by atoms with Gasteiger partial charge in [-0.1, -0.05) is 60.7 Å². The minimum Gasteiger partial charge on any atom is -0.454 e. The van der Waals surface area contributed by atoms with Crippen LogP contribution >= 0.6 is 0 Å². The monoisotopic (exact) mass is 360 g/mol. The predicted molar refractivity (Wildman–Crippen MR) is 102 cm³/mol. The second kappa shape index (κ2) is 7.93. The van der Waals surface area contributed by atoms with Gasteiger partial charge in [0, 0.05) is 18.7 Å². The summed E-state index contributed by atoms with van der Waals surface area (Å²) in [5.74, 6) is 1.08. The van der Waals surface area contributed by atoms with Crippen molar-refractivity contribution < 1.29 is 14.3 Å². The highest BCUT2D eigenvalue weighted by atomic mass is 16.7.